The molecule has 0 bridgehead atoms. The van der Waals surface area contributed by atoms with Gasteiger partial charge in [-0.05, 0) is 19.3 Å². The predicted molar refractivity (Wildman–Crippen MR) is 93.3 cm³/mol. The van der Waals surface area contributed by atoms with E-state index < -0.39 is 77.5 Å². The van der Waals surface area contributed by atoms with Crippen molar-refractivity contribution in [1.29, 1.82) is 0 Å². The van der Waals surface area contributed by atoms with E-state index in [1.807, 2.05) is 0 Å². The van der Waals surface area contributed by atoms with E-state index in [9.17, 15) is 61.1 Å². The highest BCUT2D eigenvalue weighted by Gasteiger charge is 2.84. The lowest BCUT2D eigenvalue weighted by Gasteiger charge is -2.40. The molecule has 0 aromatic rings. The van der Waals surface area contributed by atoms with Crippen molar-refractivity contribution in [2.24, 2.45) is 11.3 Å². The summed E-state index contributed by atoms with van der Waals surface area (Å²) in [6, 6.07) is 0. The molecule has 0 rings (SSSR count). The fraction of sp³-hybridized carbons (Fsp3) is 1.00. The quantitative estimate of drug-likeness (QED) is 0.229. The summed E-state index contributed by atoms with van der Waals surface area (Å²) in [6.07, 6.45) is -33.5. The summed E-state index contributed by atoms with van der Waals surface area (Å²) in [5, 5.41) is 0. The first-order valence-corrected chi connectivity index (χ1v) is 11.0. The second-order valence-electron chi connectivity index (χ2n) is 8.56. The molecule has 200 valence electrons. The van der Waals surface area contributed by atoms with Gasteiger partial charge in [0, 0.05) is 0 Å². The average molecular weight is 537 g/mol. The molecular weight excluding hydrogens is 512 g/mol. The Morgan fingerprint density at radius 3 is 1.52 bits per heavy atom. The van der Waals surface area contributed by atoms with Crippen LogP contribution in [0.3, 0.4) is 0 Å². The number of nitrogens with zero attached hydrogens (tertiary/aromatic N) is 1. The van der Waals surface area contributed by atoms with E-state index in [1.165, 1.54) is 0 Å². The number of alkyl halides is 12. The molecule has 17 heteroatoms. The first kappa shape index (κ1) is 32.0. The Morgan fingerprint density at radius 1 is 0.758 bits per heavy atom. The van der Waals surface area contributed by atoms with Crippen LogP contribution in [0.15, 0.2) is 0 Å². The molecule has 1 atom stereocenters. The van der Waals surface area contributed by atoms with E-state index in [2.05, 4.69) is 4.72 Å². The van der Waals surface area contributed by atoms with Crippen LogP contribution in [0.1, 0.15) is 25.7 Å². The molecule has 0 saturated carbocycles. The van der Waals surface area contributed by atoms with Gasteiger partial charge < -0.3 is 4.48 Å². The Kier molecular flexibility index (Phi) is 10.0. The van der Waals surface area contributed by atoms with E-state index in [4.69, 9.17) is 0 Å². The molecule has 0 saturated heterocycles. The molecule has 0 aliphatic carbocycles. The molecule has 1 unspecified atom stereocenters. The number of halogens is 12. The highest BCUT2D eigenvalue weighted by Crippen LogP contribution is 2.63. The van der Waals surface area contributed by atoms with Gasteiger partial charge in [-0.1, -0.05) is 6.42 Å². The van der Waals surface area contributed by atoms with E-state index in [-0.39, 0.29) is 6.54 Å². The van der Waals surface area contributed by atoms with Crippen LogP contribution in [0.25, 0.3) is 0 Å². The van der Waals surface area contributed by atoms with Crippen molar-refractivity contribution in [3.8, 4) is 0 Å². The highest BCUT2D eigenvalue weighted by molar-refractivity contribution is 7.89. The van der Waals surface area contributed by atoms with Gasteiger partial charge in [0.15, 0.2) is 0 Å². The summed E-state index contributed by atoms with van der Waals surface area (Å²) in [5.41, 5.74) is -6.59. The number of sulfonamides is 1. The SMILES string of the molecule is C[N+](C)(C)CCNS(=O)(=O)CCCCC(CC(C(F)(F)F)(C(F)(F)F)C(F)(F)F)C(F)(F)F. The van der Waals surface area contributed by atoms with Gasteiger partial charge in [-0.3, -0.25) is 0 Å². The molecule has 1 N–H and O–H groups in total. The maximum Gasteiger partial charge on any atom is 0.412 e. The molecule has 0 spiro atoms. The van der Waals surface area contributed by atoms with Gasteiger partial charge >= 0.3 is 24.7 Å². The molecule has 0 amide bonds. The van der Waals surface area contributed by atoms with Crippen molar-refractivity contribution in [3.63, 3.8) is 0 Å². The highest BCUT2D eigenvalue weighted by atomic mass is 32.2. The van der Waals surface area contributed by atoms with Crippen LogP contribution in [-0.4, -0.2) is 77.6 Å². The number of quaternary nitrogens is 1. The topological polar surface area (TPSA) is 46.2 Å². The summed E-state index contributed by atoms with van der Waals surface area (Å²) < 4.78 is 182. The maximum atomic E-state index is 13.1. The largest absolute Gasteiger partial charge is 0.412 e. The molecule has 0 aliphatic heterocycles. The van der Waals surface area contributed by atoms with E-state index in [0.717, 1.165) is 0 Å². The zero-order chi connectivity index (χ0) is 26.7. The standard InChI is InChI=1S/C16H25F12N2O2S/c1-30(2,3)8-7-29-33(31,32)9-5-4-6-11(13(17,18)19)10-12(14(20,21)22,15(23,24)25)16(26,27)28/h11,29H,4-10H2,1-3H3/q+1. The zero-order valence-corrected chi connectivity index (χ0v) is 18.6. The van der Waals surface area contributed by atoms with Crippen LogP contribution in [0, 0.1) is 11.3 Å². The average Bonchev–Trinajstić information content (AvgIpc) is 2.47. The number of hydrogen-bond donors (Lipinski definition) is 1. The Hall–Kier alpha value is -0.970. The van der Waals surface area contributed by atoms with Crippen LogP contribution in [0.2, 0.25) is 0 Å². The number of hydrogen-bond acceptors (Lipinski definition) is 2. The van der Waals surface area contributed by atoms with Gasteiger partial charge in [0.1, 0.15) is 0 Å². The van der Waals surface area contributed by atoms with Crippen molar-refractivity contribution < 1.29 is 65.6 Å². The smallest absolute Gasteiger partial charge is 0.330 e. The van der Waals surface area contributed by atoms with Crippen LogP contribution in [0.5, 0.6) is 0 Å². The lowest BCUT2D eigenvalue weighted by Crippen LogP contribution is -2.61. The molecule has 0 radical (unpaired) electrons. The first-order chi connectivity index (χ1) is 14.3. The van der Waals surface area contributed by atoms with Crippen LogP contribution < -0.4 is 4.72 Å². The monoisotopic (exact) mass is 537 g/mol. The summed E-state index contributed by atoms with van der Waals surface area (Å²) in [7, 11) is 1.17. The van der Waals surface area contributed by atoms with E-state index >= 15 is 0 Å². The van der Waals surface area contributed by atoms with Crippen molar-refractivity contribution in [3.05, 3.63) is 0 Å². The Labute approximate surface area is 182 Å². The number of unbranched alkanes of at least 4 members (excludes halogenated alkanes) is 1. The third kappa shape index (κ3) is 9.30. The predicted octanol–water partition coefficient (Wildman–Crippen LogP) is 5.02. The fourth-order valence-corrected chi connectivity index (χ4v) is 4.00. The second-order valence-corrected chi connectivity index (χ2v) is 10.5. The zero-order valence-electron chi connectivity index (χ0n) is 17.7. The lowest BCUT2D eigenvalue weighted by molar-refractivity contribution is -0.869. The minimum atomic E-state index is -7.11. The normalized spacial score (nSPS) is 16.2. The Bertz CT molecular complexity index is 682. The van der Waals surface area contributed by atoms with Gasteiger partial charge in [-0.25, -0.2) is 13.1 Å². The van der Waals surface area contributed by atoms with Crippen LogP contribution >= 0.6 is 0 Å². The fourth-order valence-electron chi connectivity index (χ4n) is 2.87. The third-order valence-electron chi connectivity index (χ3n) is 4.79. The van der Waals surface area contributed by atoms with E-state index in [1.54, 1.807) is 21.1 Å². The maximum absolute atomic E-state index is 13.1. The van der Waals surface area contributed by atoms with Gasteiger partial charge in [-0.2, -0.15) is 52.7 Å². The van der Waals surface area contributed by atoms with Gasteiger partial charge in [0.2, 0.25) is 10.0 Å². The van der Waals surface area contributed by atoms with Crippen molar-refractivity contribution in [1.82, 2.24) is 4.72 Å². The molecule has 4 nitrogen and oxygen atoms in total. The molecule has 0 aromatic carbocycles. The van der Waals surface area contributed by atoms with Crippen molar-refractivity contribution >= 4 is 10.0 Å². The molecule has 33 heavy (non-hydrogen) atoms. The summed E-state index contributed by atoms with van der Waals surface area (Å²) in [6.45, 7) is 0.270. The lowest BCUT2D eigenvalue weighted by atomic mass is 9.75. The van der Waals surface area contributed by atoms with Crippen LogP contribution in [-0.2, 0) is 10.0 Å². The third-order valence-corrected chi connectivity index (χ3v) is 6.26. The Balaban J connectivity index is 5.49. The Morgan fingerprint density at radius 2 is 1.18 bits per heavy atom. The molecular formula is C16H25F12N2O2S+. The van der Waals surface area contributed by atoms with Gasteiger partial charge in [0.05, 0.1) is 45.9 Å². The number of likely N-dealkylation sites (N-methyl/N-ethyl adjacent to an activating group) is 1. The molecule has 0 fully saturated rings. The summed E-state index contributed by atoms with van der Waals surface area (Å²) in [4.78, 5) is 0. The number of nitrogens with one attached hydrogen (secondary N) is 1. The van der Waals surface area contributed by atoms with Crippen LogP contribution in [0.4, 0.5) is 52.7 Å². The van der Waals surface area contributed by atoms with Gasteiger partial charge in [-0.15, -0.1) is 0 Å². The van der Waals surface area contributed by atoms with Crippen molar-refractivity contribution in [2.75, 3.05) is 40.0 Å². The van der Waals surface area contributed by atoms with Gasteiger partial charge in [0.25, 0.3) is 5.41 Å². The summed E-state index contributed by atoms with van der Waals surface area (Å²) >= 11 is 0. The number of rotatable bonds is 11. The summed E-state index contributed by atoms with van der Waals surface area (Å²) in [5.74, 6) is -4.44. The minimum absolute atomic E-state index is 0.0533. The minimum Gasteiger partial charge on any atom is -0.330 e. The molecule has 0 aliphatic rings. The molecule has 0 aromatic heterocycles. The molecule has 0 heterocycles. The van der Waals surface area contributed by atoms with E-state index in [0.29, 0.717) is 11.0 Å². The second kappa shape index (κ2) is 10.3. The first-order valence-electron chi connectivity index (χ1n) is 9.31. The van der Waals surface area contributed by atoms with Crippen molar-refractivity contribution in [2.45, 2.75) is 50.4 Å².